The van der Waals surface area contributed by atoms with Gasteiger partial charge < -0.3 is 14.6 Å². The number of hydrogen-bond donors (Lipinski definition) is 1. The molecule has 1 amide bonds. The molecule has 0 fully saturated rings. The summed E-state index contributed by atoms with van der Waals surface area (Å²) in [6.45, 7) is 1.96. The van der Waals surface area contributed by atoms with Gasteiger partial charge in [-0.25, -0.2) is 0 Å². The van der Waals surface area contributed by atoms with Crippen LogP contribution in [0, 0.1) is 6.92 Å². The zero-order valence-electron chi connectivity index (χ0n) is 16.9. The molecule has 4 aromatic rings. The predicted octanol–water partition coefficient (Wildman–Crippen LogP) is 4.56. The normalized spacial score (nSPS) is 10.9. The van der Waals surface area contributed by atoms with E-state index >= 15 is 0 Å². The number of aryl methyl sites for hydroxylation is 2. The molecule has 0 aliphatic carbocycles. The van der Waals surface area contributed by atoms with Gasteiger partial charge in [-0.2, -0.15) is 4.98 Å². The zero-order chi connectivity index (χ0) is 20.9. The van der Waals surface area contributed by atoms with E-state index in [2.05, 4.69) is 20.4 Å². The van der Waals surface area contributed by atoms with E-state index in [4.69, 9.17) is 9.26 Å². The Morgan fingerprint density at radius 3 is 2.87 bits per heavy atom. The van der Waals surface area contributed by atoms with E-state index in [1.807, 2.05) is 55.5 Å². The van der Waals surface area contributed by atoms with E-state index in [0.717, 1.165) is 27.7 Å². The number of pyridine rings is 1. The van der Waals surface area contributed by atoms with E-state index in [1.54, 1.807) is 13.3 Å². The average Bonchev–Trinajstić information content (AvgIpc) is 3.24. The quantitative estimate of drug-likeness (QED) is 0.487. The molecule has 0 spiro atoms. The van der Waals surface area contributed by atoms with Crippen molar-refractivity contribution in [2.75, 3.05) is 12.4 Å². The minimum atomic E-state index is -0.0688. The van der Waals surface area contributed by atoms with E-state index in [9.17, 15) is 4.79 Å². The number of carbonyl (C=O) groups is 1. The third-order valence-electron chi connectivity index (χ3n) is 4.86. The number of ether oxygens (including phenoxy) is 1. The first-order valence-corrected chi connectivity index (χ1v) is 9.76. The molecule has 1 N–H and O–H groups in total. The monoisotopic (exact) mass is 402 g/mol. The number of para-hydroxylation sites is 1. The van der Waals surface area contributed by atoms with Gasteiger partial charge in [-0.1, -0.05) is 35.5 Å². The van der Waals surface area contributed by atoms with Crippen molar-refractivity contribution < 1.29 is 14.1 Å². The zero-order valence-corrected chi connectivity index (χ0v) is 16.9. The highest BCUT2D eigenvalue weighted by Gasteiger charge is 2.14. The van der Waals surface area contributed by atoms with Crippen molar-refractivity contribution >= 4 is 22.5 Å². The first-order valence-electron chi connectivity index (χ1n) is 9.76. The first-order chi connectivity index (χ1) is 14.7. The third-order valence-corrected chi connectivity index (χ3v) is 4.86. The van der Waals surface area contributed by atoms with Crippen LogP contribution in [-0.4, -0.2) is 28.1 Å². The number of rotatable bonds is 7. The van der Waals surface area contributed by atoms with Crippen molar-refractivity contribution in [2.24, 2.45) is 0 Å². The lowest BCUT2D eigenvalue weighted by Gasteiger charge is -2.11. The summed E-state index contributed by atoms with van der Waals surface area (Å²) in [5.74, 6) is 1.58. The largest absolute Gasteiger partial charge is 0.496 e. The van der Waals surface area contributed by atoms with Crippen molar-refractivity contribution in [3.8, 4) is 17.1 Å². The number of carbonyl (C=O) groups excluding carboxylic acids is 1. The smallest absolute Gasteiger partial charge is 0.226 e. The van der Waals surface area contributed by atoms with Crippen LogP contribution in [-0.2, 0) is 11.2 Å². The van der Waals surface area contributed by atoms with Crippen LogP contribution >= 0.6 is 0 Å². The second kappa shape index (κ2) is 8.73. The van der Waals surface area contributed by atoms with Gasteiger partial charge in [0.05, 0.1) is 23.9 Å². The number of fused-ring (bicyclic) bond motifs is 1. The minimum absolute atomic E-state index is 0.0688. The summed E-state index contributed by atoms with van der Waals surface area (Å²) in [4.78, 5) is 21.3. The number of nitrogens with zero attached hydrogens (tertiary/aromatic N) is 3. The van der Waals surface area contributed by atoms with Gasteiger partial charge in [0.15, 0.2) is 0 Å². The van der Waals surface area contributed by atoms with Crippen LogP contribution in [0.15, 0.2) is 59.3 Å². The fraction of sp³-hybridized carbons (Fsp3) is 0.217. The summed E-state index contributed by atoms with van der Waals surface area (Å²) < 4.78 is 10.7. The third kappa shape index (κ3) is 4.15. The molecule has 4 rings (SSSR count). The Morgan fingerprint density at radius 2 is 2.00 bits per heavy atom. The number of aromatic nitrogens is 3. The number of amides is 1. The van der Waals surface area contributed by atoms with Crippen molar-refractivity contribution in [3.05, 3.63) is 66.2 Å². The summed E-state index contributed by atoms with van der Waals surface area (Å²) in [6, 6.07) is 15.3. The first kappa shape index (κ1) is 19.6. The highest BCUT2D eigenvalue weighted by atomic mass is 16.5. The SMILES string of the molecule is COc1ccccc1-c1noc(CCCC(=O)Nc2c(C)ccc3cccnc23)n1. The maximum atomic E-state index is 12.5. The van der Waals surface area contributed by atoms with Crippen LogP contribution in [0.5, 0.6) is 5.75 Å². The maximum absolute atomic E-state index is 12.5. The van der Waals surface area contributed by atoms with Gasteiger partial charge in [-0.15, -0.1) is 0 Å². The molecule has 30 heavy (non-hydrogen) atoms. The number of hydrogen-bond acceptors (Lipinski definition) is 6. The Kier molecular flexibility index (Phi) is 5.70. The highest BCUT2D eigenvalue weighted by molar-refractivity contribution is 6.01. The second-order valence-electron chi connectivity index (χ2n) is 6.95. The molecule has 2 aromatic carbocycles. The fourth-order valence-electron chi connectivity index (χ4n) is 3.30. The van der Waals surface area contributed by atoms with Gasteiger partial charge in [-0.3, -0.25) is 9.78 Å². The molecule has 0 saturated carbocycles. The van der Waals surface area contributed by atoms with Crippen LogP contribution in [0.3, 0.4) is 0 Å². The van der Waals surface area contributed by atoms with Crippen molar-refractivity contribution in [1.82, 2.24) is 15.1 Å². The summed E-state index contributed by atoms with van der Waals surface area (Å²) >= 11 is 0. The van der Waals surface area contributed by atoms with Crippen molar-refractivity contribution in [3.63, 3.8) is 0 Å². The van der Waals surface area contributed by atoms with Crippen molar-refractivity contribution in [1.29, 1.82) is 0 Å². The topological polar surface area (TPSA) is 90.1 Å². The molecular formula is C23H22N4O3. The number of methoxy groups -OCH3 is 1. The van der Waals surface area contributed by atoms with Crippen LogP contribution in [0.2, 0.25) is 0 Å². The van der Waals surface area contributed by atoms with E-state index in [-0.39, 0.29) is 5.91 Å². The van der Waals surface area contributed by atoms with Crippen molar-refractivity contribution in [2.45, 2.75) is 26.2 Å². The second-order valence-corrected chi connectivity index (χ2v) is 6.95. The van der Waals surface area contributed by atoms with Gasteiger partial charge >= 0.3 is 0 Å². The summed E-state index contributed by atoms with van der Waals surface area (Å²) in [7, 11) is 1.60. The van der Waals surface area contributed by atoms with Gasteiger partial charge in [0.25, 0.3) is 0 Å². The Labute approximate surface area is 174 Å². The summed E-state index contributed by atoms with van der Waals surface area (Å²) in [6.07, 6.45) is 3.18. The molecule has 0 aliphatic rings. The Balaban J connectivity index is 1.37. The molecule has 0 radical (unpaired) electrons. The lowest BCUT2D eigenvalue weighted by atomic mass is 10.1. The molecule has 7 nitrogen and oxygen atoms in total. The molecular weight excluding hydrogens is 380 g/mol. The van der Waals surface area contributed by atoms with Crippen LogP contribution in [0.25, 0.3) is 22.3 Å². The number of anilines is 1. The molecule has 152 valence electrons. The average molecular weight is 402 g/mol. The van der Waals surface area contributed by atoms with E-state index < -0.39 is 0 Å². The number of benzene rings is 2. The van der Waals surface area contributed by atoms with Crippen LogP contribution in [0.4, 0.5) is 5.69 Å². The Hall–Kier alpha value is -3.74. The Bertz CT molecular complexity index is 1190. The molecule has 0 unspecified atom stereocenters. The van der Waals surface area contributed by atoms with Gasteiger partial charge in [0.1, 0.15) is 5.75 Å². The lowest BCUT2D eigenvalue weighted by Crippen LogP contribution is -2.13. The molecule has 7 heteroatoms. The molecule has 0 saturated heterocycles. The molecule has 0 aliphatic heterocycles. The maximum Gasteiger partial charge on any atom is 0.226 e. The predicted molar refractivity (Wildman–Crippen MR) is 114 cm³/mol. The Morgan fingerprint density at radius 1 is 1.13 bits per heavy atom. The fourth-order valence-corrected chi connectivity index (χ4v) is 3.30. The van der Waals surface area contributed by atoms with Crippen LogP contribution in [0.1, 0.15) is 24.3 Å². The molecule has 2 heterocycles. The molecule has 2 aromatic heterocycles. The lowest BCUT2D eigenvalue weighted by molar-refractivity contribution is -0.116. The summed E-state index contributed by atoms with van der Waals surface area (Å²) in [5.41, 5.74) is 3.30. The van der Waals surface area contributed by atoms with Gasteiger partial charge in [-0.05, 0) is 37.1 Å². The molecule has 0 atom stereocenters. The number of nitrogens with one attached hydrogen (secondary N) is 1. The van der Waals surface area contributed by atoms with E-state index in [1.165, 1.54) is 0 Å². The standard InChI is InChI=1S/C23H22N4O3/c1-15-12-13-16-7-6-14-24-22(16)21(15)25-19(28)10-5-11-20-26-23(27-30-20)17-8-3-4-9-18(17)29-2/h3-4,6-9,12-14H,5,10-11H2,1-2H3,(H,25,28). The van der Waals surface area contributed by atoms with E-state index in [0.29, 0.717) is 36.7 Å². The summed E-state index contributed by atoms with van der Waals surface area (Å²) in [5, 5.41) is 8.03. The highest BCUT2D eigenvalue weighted by Crippen LogP contribution is 2.27. The van der Waals surface area contributed by atoms with Gasteiger partial charge in [0.2, 0.25) is 17.6 Å². The van der Waals surface area contributed by atoms with Crippen LogP contribution < -0.4 is 10.1 Å². The van der Waals surface area contributed by atoms with Gasteiger partial charge in [0, 0.05) is 24.4 Å². The molecule has 0 bridgehead atoms. The minimum Gasteiger partial charge on any atom is -0.496 e.